The molecule has 1 heterocycles. The quantitative estimate of drug-likeness (QED) is 0.794. The molecule has 1 rings (SSSR count). The average Bonchev–Trinajstić information content (AvgIpc) is 2.85. The molecular formula is C15H26N2O5. The van der Waals surface area contributed by atoms with Crippen molar-refractivity contribution in [3.05, 3.63) is 0 Å². The first kappa shape index (κ1) is 18.3. The summed E-state index contributed by atoms with van der Waals surface area (Å²) in [6, 6.07) is -0.947. The van der Waals surface area contributed by atoms with E-state index in [9.17, 15) is 14.4 Å². The molecule has 7 heteroatoms. The number of rotatable bonds is 4. The van der Waals surface area contributed by atoms with Crippen LogP contribution in [0.5, 0.6) is 0 Å². The van der Waals surface area contributed by atoms with Crippen molar-refractivity contribution in [2.75, 3.05) is 13.1 Å². The number of hydrogen-bond donors (Lipinski definition) is 1. The maximum absolute atomic E-state index is 12.5. The zero-order valence-electron chi connectivity index (χ0n) is 14.0. The molecule has 0 radical (unpaired) electrons. The van der Waals surface area contributed by atoms with Crippen LogP contribution >= 0.6 is 0 Å². The van der Waals surface area contributed by atoms with Crippen LogP contribution in [0.1, 0.15) is 47.5 Å². The second kappa shape index (κ2) is 7.47. The summed E-state index contributed by atoms with van der Waals surface area (Å²) in [6.45, 7) is 9.35. The number of likely N-dealkylation sites (tertiary alicyclic amines) is 1. The number of alkyl carbamates (subject to hydrolysis) is 1. The average molecular weight is 314 g/mol. The Labute approximate surface area is 131 Å². The van der Waals surface area contributed by atoms with E-state index in [0.717, 1.165) is 12.8 Å². The Morgan fingerprint density at radius 2 is 1.68 bits per heavy atom. The zero-order valence-corrected chi connectivity index (χ0v) is 14.0. The van der Waals surface area contributed by atoms with Crippen LogP contribution in [0.25, 0.3) is 0 Å². The molecule has 1 aliphatic rings. The molecule has 22 heavy (non-hydrogen) atoms. The lowest BCUT2D eigenvalue weighted by Gasteiger charge is -2.29. The third-order valence-corrected chi connectivity index (χ3v) is 3.18. The Morgan fingerprint density at radius 1 is 1.14 bits per heavy atom. The fourth-order valence-corrected chi connectivity index (χ4v) is 2.28. The van der Waals surface area contributed by atoms with Gasteiger partial charge in [-0.15, -0.1) is 0 Å². The maximum atomic E-state index is 12.5. The van der Waals surface area contributed by atoms with Crippen LogP contribution in [0.2, 0.25) is 0 Å². The zero-order chi connectivity index (χ0) is 16.9. The molecule has 2 amide bonds. The topological polar surface area (TPSA) is 84.9 Å². The van der Waals surface area contributed by atoms with E-state index >= 15 is 0 Å². The summed E-state index contributed by atoms with van der Waals surface area (Å²) in [7, 11) is 0. The molecule has 7 nitrogen and oxygen atoms in total. The van der Waals surface area contributed by atoms with Crippen molar-refractivity contribution in [3.63, 3.8) is 0 Å². The second-order valence-corrected chi connectivity index (χ2v) is 6.47. The van der Waals surface area contributed by atoms with Crippen molar-refractivity contribution in [3.8, 4) is 0 Å². The van der Waals surface area contributed by atoms with Gasteiger partial charge in [-0.05, 0) is 40.5 Å². The SMILES string of the molecule is CC(=O)O[C@H](C)[C@H](NC(=O)OC(C)(C)C)C(=O)N1CCCC1. The molecule has 2 atom stereocenters. The summed E-state index contributed by atoms with van der Waals surface area (Å²) >= 11 is 0. The molecule has 1 N–H and O–H groups in total. The second-order valence-electron chi connectivity index (χ2n) is 6.47. The van der Waals surface area contributed by atoms with Crippen LogP contribution in [-0.4, -0.2) is 53.7 Å². The highest BCUT2D eigenvalue weighted by atomic mass is 16.6. The number of nitrogens with zero attached hydrogens (tertiary/aromatic N) is 1. The van der Waals surface area contributed by atoms with Crippen LogP contribution in [0, 0.1) is 0 Å². The molecule has 0 spiro atoms. The molecule has 0 aromatic carbocycles. The van der Waals surface area contributed by atoms with Gasteiger partial charge in [-0.25, -0.2) is 4.79 Å². The van der Waals surface area contributed by atoms with Crippen LogP contribution in [-0.2, 0) is 19.1 Å². The minimum absolute atomic E-state index is 0.253. The van der Waals surface area contributed by atoms with Gasteiger partial charge in [-0.3, -0.25) is 9.59 Å². The smallest absolute Gasteiger partial charge is 0.408 e. The Balaban J connectivity index is 2.78. The Bertz CT molecular complexity index is 424. The van der Waals surface area contributed by atoms with Gasteiger partial charge in [0.25, 0.3) is 0 Å². The Hall–Kier alpha value is -1.79. The Morgan fingerprint density at radius 3 is 2.14 bits per heavy atom. The van der Waals surface area contributed by atoms with E-state index in [-0.39, 0.29) is 5.91 Å². The molecule has 0 aromatic rings. The largest absolute Gasteiger partial charge is 0.460 e. The summed E-state index contributed by atoms with van der Waals surface area (Å²) in [6.07, 6.45) is 0.404. The van der Waals surface area contributed by atoms with Gasteiger partial charge in [-0.2, -0.15) is 0 Å². The van der Waals surface area contributed by atoms with Gasteiger partial charge in [0, 0.05) is 20.0 Å². The predicted octanol–water partition coefficient (Wildman–Crippen LogP) is 1.45. The fourth-order valence-electron chi connectivity index (χ4n) is 2.28. The third-order valence-electron chi connectivity index (χ3n) is 3.18. The number of carbonyl (C=O) groups is 3. The van der Waals surface area contributed by atoms with Gasteiger partial charge in [0.1, 0.15) is 17.7 Å². The highest BCUT2D eigenvalue weighted by Crippen LogP contribution is 2.13. The van der Waals surface area contributed by atoms with Crippen LogP contribution in [0.3, 0.4) is 0 Å². The number of nitrogens with one attached hydrogen (secondary N) is 1. The summed E-state index contributed by atoms with van der Waals surface area (Å²) in [4.78, 5) is 37.3. The van der Waals surface area contributed by atoms with E-state index in [4.69, 9.17) is 9.47 Å². The summed E-state index contributed by atoms with van der Waals surface area (Å²) in [5, 5.41) is 2.53. The van der Waals surface area contributed by atoms with Gasteiger partial charge in [0.15, 0.2) is 0 Å². The summed E-state index contributed by atoms with van der Waals surface area (Å²) in [5.74, 6) is -0.755. The molecule has 0 bridgehead atoms. The lowest BCUT2D eigenvalue weighted by atomic mass is 10.1. The van der Waals surface area contributed by atoms with Gasteiger partial charge < -0.3 is 19.7 Å². The van der Waals surface area contributed by atoms with Gasteiger partial charge in [0.05, 0.1) is 0 Å². The molecular weight excluding hydrogens is 288 g/mol. The van der Waals surface area contributed by atoms with Crippen molar-refractivity contribution >= 4 is 18.0 Å². The number of amides is 2. The first-order chi connectivity index (χ1) is 10.1. The molecule has 0 saturated carbocycles. The number of ether oxygens (including phenoxy) is 2. The van der Waals surface area contributed by atoms with E-state index < -0.39 is 29.8 Å². The van der Waals surface area contributed by atoms with Crippen LogP contribution in [0.15, 0.2) is 0 Å². The monoisotopic (exact) mass is 314 g/mol. The summed E-state index contributed by atoms with van der Waals surface area (Å²) < 4.78 is 10.2. The number of carbonyl (C=O) groups excluding carboxylic acids is 3. The standard InChI is InChI=1S/C15H26N2O5/c1-10(21-11(2)18)12(13(19)17-8-6-7-9-17)16-14(20)22-15(3,4)5/h10,12H,6-9H2,1-5H3,(H,16,20)/t10-,12+/m1/s1. The Kier molecular flexibility index (Phi) is 6.20. The van der Waals surface area contributed by atoms with Gasteiger partial charge in [-0.1, -0.05) is 0 Å². The van der Waals surface area contributed by atoms with Gasteiger partial charge >= 0.3 is 12.1 Å². The van der Waals surface area contributed by atoms with Crippen molar-refractivity contribution in [1.82, 2.24) is 10.2 Å². The first-order valence-electron chi connectivity index (χ1n) is 7.55. The first-order valence-corrected chi connectivity index (χ1v) is 7.55. The predicted molar refractivity (Wildman–Crippen MR) is 80.2 cm³/mol. The van der Waals surface area contributed by atoms with Crippen molar-refractivity contribution in [2.45, 2.75) is 65.2 Å². The van der Waals surface area contributed by atoms with Crippen molar-refractivity contribution in [1.29, 1.82) is 0 Å². The molecule has 0 aliphatic carbocycles. The van der Waals surface area contributed by atoms with E-state index in [2.05, 4.69) is 5.32 Å². The van der Waals surface area contributed by atoms with Crippen molar-refractivity contribution in [2.24, 2.45) is 0 Å². The highest BCUT2D eigenvalue weighted by molar-refractivity contribution is 5.87. The minimum Gasteiger partial charge on any atom is -0.460 e. The normalized spacial score (nSPS) is 17.6. The van der Waals surface area contributed by atoms with Crippen LogP contribution in [0.4, 0.5) is 4.79 Å². The fraction of sp³-hybridized carbons (Fsp3) is 0.800. The lowest BCUT2D eigenvalue weighted by Crippen LogP contribution is -2.54. The molecule has 126 valence electrons. The van der Waals surface area contributed by atoms with Crippen molar-refractivity contribution < 1.29 is 23.9 Å². The minimum atomic E-state index is -0.947. The number of hydrogen-bond acceptors (Lipinski definition) is 5. The third kappa shape index (κ3) is 5.91. The van der Waals surface area contributed by atoms with E-state index in [0.29, 0.717) is 13.1 Å². The van der Waals surface area contributed by atoms with E-state index in [1.54, 1.807) is 32.6 Å². The maximum Gasteiger partial charge on any atom is 0.408 e. The van der Waals surface area contributed by atoms with Crippen LogP contribution < -0.4 is 5.32 Å². The highest BCUT2D eigenvalue weighted by Gasteiger charge is 2.34. The number of esters is 1. The molecule has 0 aromatic heterocycles. The molecule has 0 unspecified atom stereocenters. The molecule has 1 fully saturated rings. The van der Waals surface area contributed by atoms with E-state index in [1.165, 1.54) is 6.92 Å². The summed E-state index contributed by atoms with van der Waals surface area (Å²) in [5.41, 5.74) is -0.671. The molecule has 1 aliphatic heterocycles. The van der Waals surface area contributed by atoms with Gasteiger partial charge in [0.2, 0.25) is 5.91 Å². The van der Waals surface area contributed by atoms with E-state index in [1.807, 2.05) is 0 Å². The molecule has 1 saturated heterocycles. The lowest BCUT2D eigenvalue weighted by molar-refractivity contribution is -0.150.